The lowest BCUT2D eigenvalue weighted by atomic mass is 9.95. The third kappa shape index (κ3) is 1.29. The summed E-state index contributed by atoms with van der Waals surface area (Å²) in [5, 5.41) is 9.24. The average Bonchev–Trinajstić information content (AvgIpc) is 1.88. The van der Waals surface area contributed by atoms with Gasteiger partial charge in [0.15, 0.2) is 0 Å². The van der Waals surface area contributed by atoms with Crippen molar-refractivity contribution in [2.45, 2.75) is 25.9 Å². The number of ether oxygens (including phenoxy) is 1. The topological polar surface area (TPSA) is 46.5 Å². The van der Waals surface area contributed by atoms with Crippen LogP contribution >= 0.6 is 0 Å². The lowest BCUT2D eigenvalue weighted by Crippen LogP contribution is -2.35. The number of esters is 1. The lowest BCUT2D eigenvalue weighted by molar-refractivity contribution is -0.160. The Labute approximate surface area is 60.0 Å². The largest absolute Gasteiger partial charge is 0.465 e. The molecule has 3 heteroatoms. The van der Waals surface area contributed by atoms with Gasteiger partial charge in [0, 0.05) is 6.42 Å². The van der Waals surface area contributed by atoms with Crippen LogP contribution in [-0.2, 0) is 9.53 Å². The maximum Gasteiger partial charge on any atom is 0.311 e. The second-order valence-corrected chi connectivity index (χ2v) is 2.54. The first-order valence-corrected chi connectivity index (χ1v) is 3.60. The molecule has 1 rings (SSSR count). The molecule has 0 aromatic heterocycles. The molecule has 0 bridgehead atoms. The Morgan fingerprint density at radius 2 is 2.50 bits per heavy atom. The highest BCUT2D eigenvalue weighted by molar-refractivity contribution is 5.73. The second-order valence-electron chi connectivity index (χ2n) is 2.54. The second kappa shape index (κ2) is 3.01. The molecule has 3 nitrogen and oxygen atoms in total. The highest BCUT2D eigenvalue weighted by atomic mass is 16.5. The highest BCUT2D eigenvalue weighted by Gasteiger charge is 2.30. The molecule has 0 radical (unpaired) electrons. The van der Waals surface area contributed by atoms with Crippen molar-refractivity contribution in [1.29, 1.82) is 0 Å². The molecular formula is C7H12O3. The Morgan fingerprint density at radius 1 is 1.80 bits per heavy atom. The summed E-state index contributed by atoms with van der Waals surface area (Å²) in [4.78, 5) is 10.9. The van der Waals surface area contributed by atoms with Gasteiger partial charge in [-0.15, -0.1) is 0 Å². The molecule has 0 amide bonds. The van der Waals surface area contributed by atoms with E-state index in [0.29, 0.717) is 19.4 Å². The van der Waals surface area contributed by atoms with Gasteiger partial charge in [0.2, 0.25) is 0 Å². The van der Waals surface area contributed by atoms with E-state index in [4.69, 9.17) is 4.74 Å². The van der Waals surface area contributed by atoms with Gasteiger partial charge in [-0.05, 0) is 6.42 Å². The van der Waals surface area contributed by atoms with Gasteiger partial charge < -0.3 is 9.84 Å². The normalized spacial score (nSPS) is 33.6. The fourth-order valence-corrected chi connectivity index (χ4v) is 1.18. The van der Waals surface area contributed by atoms with Crippen LogP contribution in [0, 0.1) is 5.92 Å². The summed E-state index contributed by atoms with van der Waals surface area (Å²) < 4.78 is 4.75. The van der Waals surface area contributed by atoms with Gasteiger partial charge in [-0.25, -0.2) is 0 Å². The lowest BCUT2D eigenvalue weighted by Gasteiger charge is -2.24. The van der Waals surface area contributed by atoms with Gasteiger partial charge in [-0.1, -0.05) is 6.92 Å². The first kappa shape index (κ1) is 7.54. The van der Waals surface area contributed by atoms with Crippen LogP contribution in [0.2, 0.25) is 0 Å². The molecule has 1 unspecified atom stereocenters. The quantitative estimate of drug-likeness (QED) is 0.539. The summed E-state index contributed by atoms with van der Waals surface area (Å²) in [6.07, 6.45) is 0.774. The highest BCUT2D eigenvalue weighted by Crippen LogP contribution is 2.18. The van der Waals surface area contributed by atoms with Crippen molar-refractivity contribution in [2.24, 2.45) is 5.92 Å². The maximum atomic E-state index is 10.9. The van der Waals surface area contributed by atoms with E-state index >= 15 is 0 Å². The SMILES string of the molecule is CCC1C(=O)OCC[C@H]1O. The summed E-state index contributed by atoms with van der Waals surface area (Å²) in [6.45, 7) is 2.25. The van der Waals surface area contributed by atoms with Gasteiger partial charge in [0.25, 0.3) is 0 Å². The van der Waals surface area contributed by atoms with Crippen molar-refractivity contribution in [3.63, 3.8) is 0 Å². The Bertz CT molecular complexity index is 133. The summed E-state index contributed by atoms with van der Waals surface area (Å²) in [5.41, 5.74) is 0. The molecule has 1 aliphatic rings. The number of carbonyl (C=O) groups is 1. The zero-order valence-electron chi connectivity index (χ0n) is 6.04. The monoisotopic (exact) mass is 144 g/mol. The molecule has 1 N–H and O–H groups in total. The van der Waals surface area contributed by atoms with Crippen molar-refractivity contribution in [3.8, 4) is 0 Å². The number of aliphatic hydroxyl groups is 1. The molecule has 0 spiro atoms. The Balaban J connectivity index is 2.53. The molecule has 1 fully saturated rings. The Morgan fingerprint density at radius 3 is 2.90 bits per heavy atom. The van der Waals surface area contributed by atoms with Gasteiger partial charge >= 0.3 is 5.97 Å². The van der Waals surface area contributed by atoms with Crippen molar-refractivity contribution < 1.29 is 14.6 Å². The third-order valence-electron chi connectivity index (χ3n) is 1.86. The maximum absolute atomic E-state index is 10.9. The summed E-state index contributed by atoms with van der Waals surface area (Å²) >= 11 is 0. The van der Waals surface area contributed by atoms with E-state index in [1.54, 1.807) is 0 Å². The van der Waals surface area contributed by atoms with Gasteiger partial charge in [0.1, 0.15) is 0 Å². The molecule has 58 valence electrons. The minimum Gasteiger partial charge on any atom is -0.465 e. The summed E-state index contributed by atoms with van der Waals surface area (Å²) in [6, 6.07) is 0. The standard InChI is InChI=1S/C7H12O3/c1-2-5-6(8)3-4-10-7(5)9/h5-6,8H,2-4H2,1H3/t5?,6-/m1/s1. The van der Waals surface area contributed by atoms with Crippen molar-refractivity contribution >= 4 is 5.97 Å². The van der Waals surface area contributed by atoms with E-state index in [9.17, 15) is 9.90 Å². The van der Waals surface area contributed by atoms with Crippen LogP contribution in [0.1, 0.15) is 19.8 Å². The number of cyclic esters (lactones) is 1. The molecule has 0 aromatic carbocycles. The predicted molar refractivity (Wildman–Crippen MR) is 35.4 cm³/mol. The fraction of sp³-hybridized carbons (Fsp3) is 0.857. The van der Waals surface area contributed by atoms with Crippen molar-refractivity contribution in [1.82, 2.24) is 0 Å². The van der Waals surface area contributed by atoms with Gasteiger partial charge in [0.05, 0.1) is 18.6 Å². The zero-order chi connectivity index (χ0) is 7.56. The van der Waals surface area contributed by atoms with Gasteiger partial charge in [-0.3, -0.25) is 4.79 Å². The van der Waals surface area contributed by atoms with Crippen LogP contribution in [0.4, 0.5) is 0 Å². The first-order valence-electron chi connectivity index (χ1n) is 3.60. The minimum atomic E-state index is -0.480. The predicted octanol–water partition coefficient (Wildman–Crippen LogP) is 0.320. The van der Waals surface area contributed by atoms with E-state index in [1.165, 1.54) is 0 Å². The van der Waals surface area contributed by atoms with Crippen LogP contribution in [0.25, 0.3) is 0 Å². The molecule has 0 saturated carbocycles. The summed E-state index contributed by atoms with van der Waals surface area (Å²) in [5.74, 6) is -0.532. The van der Waals surface area contributed by atoms with Crippen LogP contribution < -0.4 is 0 Å². The number of hydrogen-bond donors (Lipinski definition) is 1. The molecule has 1 saturated heterocycles. The first-order chi connectivity index (χ1) is 4.75. The molecule has 0 aliphatic carbocycles. The van der Waals surface area contributed by atoms with E-state index < -0.39 is 6.10 Å². The Kier molecular flexibility index (Phi) is 2.27. The smallest absolute Gasteiger partial charge is 0.311 e. The Hall–Kier alpha value is -0.570. The molecule has 10 heavy (non-hydrogen) atoms. The van der Waals surface area contributed by atoms with Crippen LogP contribution in [0.3, 0.4) is 0 Å². The fourth-order valence-electron chi connectivity index (χ4n) is 1.18. The van der Waals surface area contributed by atoms with E-state index in [0.717, 1.165) is 0 Å². The van der Waals surface area contributed by atoms with E-state index in [-0.39, 0.29) is 11.9 Å². The van der Waals surface area contributed by atoms with Crippen LogP contribution in [0.15, 0.2) is 0 Å². The molecule has 2 atom stereocenters. The van der Waals surface area contributed by atoms with Gasteiger partial charge in [-0.2, -0.15) is 0 Å². The molecular weight excluding hydrogens is 132 g/mol. The number of carbonyl (C=O) groups excluding carboxylic acids is 1. The zero-order valence-corrected chi connectivity index (χ0v) is 6.04. The minimum absolute atomic E-state index is 0.249. The number of aliphatic hydroxyl groups excluding tert-OH is 1. The molecule has 1 aliphatic heterocycles. The van der Waals surface area contributed by atoms with Crippen LogP contribution in [0.5, 0.6) is 0 Å². The third-order valence-corrected chi connectivity index (χ3v) is 1.86. The number of rotatable bonds is 1. The number of hydrogen-bond acceptors (Lipinski definition) is 3. The molecule has 0 aromatic rings. The van der Waals surface area contributed by atoms with E-state index in [1.807, 2.05) is 6.92 Å². The van der Waals surface area contributed by atoms with Crippen LogP contribution in [-0.4, -0.2) is 23.8 Å². The van der Waals surface area contributed by atoms with Crippen molar-refractivity contribution in [3.05, 3.63) is 0 Å². The summed E-state index contributed by atoms with van der Waals surface area (Å²) in [7, 11) is 0. The van der Waals surface area contributed by atoms with E-state index in [2.05, 4.69) is 0 Å². The average molecular weight is 144 g/mol. The molecule has 1 heterocycles. The van der Waals surface area contributed by atoms with Crippen molar-refractivity contribution in [2.75, 3.05) is 6.61 Å².